The first-order valence-corrected chi connectivity index (χ1v) is 11.9. The van der Waals surface area contributed by atoms with Crippen molar-refractivity contribution in [2.24, 2.45) is 5.92 Å². The van der Waals surface area contributed by atoms with Gasteiger partial charge in [0, 0.05) is 57.4 Å². The topological polar surface area (TPSA) is 88.1 Å². The number of nitrogens with zero attached hydrogens (tertiary/aromatic N) is 6. The molecule has 0 unspecified atom stereocenters. The normalized spacial score (nSPS) is 25.3. The summed E-state index contributed by atoms with van der Waals surface area (Å²) in [5.74, 6) is 1.17. The van der Waals surface area contributed by atoms with E-state index in [2.05, 4.69) is 25.1 Å². The summed E-state index contributed by atoms with van der Waals surface area (Å²) in [6.45, 7) is 8.91. The van der Waals surface area contributed by atoms with Gasteiger partial charge in [-0.15, -0.1) is 0 Å². The molecule has 3 saturated heterocycles. The number of aryl methyl sites for hydroxylation is 1. The Kier molecular flexibility index (Phi) is 5.27. The first-order valence-electron chi connectivity index (χ1n) is 11.9. The van der Waals surface area contributed by atoms with Crippen molar-refractivity contribution in [3.05, 3.63) is 36.2 Å². The van der Waals surface area contributed by atoms with Gasteiger partial charge in [-0.3, -0.25) is 9.80 Å². The van der Waals surface area contributed by atoms with Crippen LogP contribution in [0.4, 0.5) is 10.2 Å². The average Bonchev–Trinajstić information content (AvgIpc) is 3.13. The molecule has 174 valence electrons. The van der Waals surface area contributed by atoms with Gasteiger partial charge in [0.05, 0.1) is 11.4 Å². The second-order valence-corrected chi connectivity index (χ2v) is 9.88. The van der Waals surface area contributed by atoms with Crippen molar-refractivity contribution < 1.29 is 4.39 Å². The number of hydrogen-bond acceptors (Lipinski definition) is 7. The van der Waals surface area contributed by atoms with Crippen LogP contribution in [0.1, 0.15) is 18.0 Å². The van der Waals surface area contributed by atoms with E-state index < -0.39 is 6.17 Å². The molecule has 0 radical (unpaired) electrons. The summed E-state index contributed by atoms with van der Waals surface area (Å²) in [7, 11) is 0. The van der Waals surface area contributed by atoms with Crippen molar-refractivity contribution in [1.82, 2.24) is 34.9 Å². The molecule has 2 aromatic heterocycles. The van der Waals surface area contributed by atoms with Gasteiger partial charge < -0.3 is 11.1 Å². The van der Waals surface area contributed by atoms with Gasteiger partial charge in [-0.05, 0) is 19.3 Å². The highest BCUT2D eigenvalue weighted by molar-refractivity contribution is 5.98. The quantitative estimate of drug-likeness (QED) is 0.614. The maximum Gasteiger partial charge on any atom is 0.164 e. The zero-order valence-electron chi connectivity index (χ0n) is 19.0. The fraction of sp³-hybridized carbons (Fsp3) is 0.542. The second-order valence-electron chi connectivity index (χ2n) is 9.88. The molecule has 3 aliphatic heterocycles. The maximum atomic E-state index is 15.6. The number of nitrogens with one attached hydrogen (secondary N) is 1. The minimum atomic E-state index is -1.01. The summed E-state index contributed by atoms with van der Waals surface area (Å²) in [4.78, 5) is 13.5. The van der Waals surface area contributed by atoms with Gasteiger partial charge in [-0.25, -0.2) is 19.0 Å². The van der Waals surface area contributed by atoms with Crippen LogP contribution in [0.2, 0.25) is 0 Å². The molecule has 3 aromatic rings. The van der Waals surface area contributed by atoms with Crippen molar-refractivity contribution in [3.8, 4) is 11.3 Å². The number of halogens is 1. The SMILES string of the molecule is Cc1ccc(-c2nn([C@H]3CCN(C4CN(CC5CNC5)C4)C[C@H]3F)c3ncnc(N)c23)cc1. The minimum Gasteiger partial charge on any atom is -0.383 e. The molecule has 2 atom stereocenters. The summed E-state index contributed by atoms with van der Waals surface area (Å²) in [6, 6.07) is 8.24. The van der Waals surface area contributed by atoms with E-state index in [0.29, 0.717) is 35.9 Å². The van der Waals surface area contributed by atoms with Crippen LogP contribution in [-0.2, 0) is 0 Å². The van der Waals surface area contributed by atoms with Gasteiger partial charge in [0.25, 0.3) is 0 Å². The van der Waals surface area contributed by atoms with E-state index in [0.717, 1.165) is 49.9 Å². The van der Waals surface area contributed by atoms with E-state index >= 15 is 4.39 Å². The first-order chi connectivity index (χ1) is 16.1. The number of nitrogen functional groups attached to an aromatic ring is 1. The Morgan fingerprint density at radius 1 is 1.12 bits per heavy atom. The Bertz CT molecular complexity index is 1140. The van der Waals surface area contributed by atoms with Gasteiger partial charge in [0.15, 0.2) is 5.65 Å². The van der Waals surface area contributed by atoms with Gasteiger partial charge in [-0.2, -0.15) is 5.10 Å². The highest BCUT2D eigenvalue weighted by Gasteiger charge is 2.40. The third kappa shape index (κ3) is 3.78. The molecule has 9 heteroatoms. The van der Waals surface area contributed by atoms with E-state index in [1.807, 2.05) is 31.2 Å². The van der Waals surface area contributed by atoms with Gasteiger partial charge in [0.2, 0.25) is 0 Å². The van der Waals surface area contributed by atoms with Gasteiger partial charge in [0.1, 0.15) is 24.0 Å². The van der Waals surface area contributed by atoms with Crippen molar-refractivity contribution in [3.63, 3.8) is 0 Å². The molecule has 8 nitrogen and oxygen atoms in total. The summed E-state index contributed by atoms with van der Waals surface area (Å²) in [5, 5.41) is 8.89. The summed E-state index contributed by atoms with van der Waals surface area (Å²) in [5.41, 5.74) is 9.68. The Labute approximate surface area is 193 Å². The van der Waals surface area contributed by atoms with Crippen LogP contribution in [0.5, 0.6) is 0 Å². The lowest BCUT2D eigenvalue weighted by molar-refractivity contribution is -0.0201. The Morgan fingerprint density at radius 3 is 2.61 bits per heavy atom. The number of benzene rings is 1. The number of fused-ring (bicyclic) bond motifs is 1. The number of alkyl halides is 1. The van der Waals surface area contributed by atoms with Crippen LogP contribution in [0.3, 0.4) is 0 Å². The molecule has 6 rings (SSSR count). The average molecular weight is 451 g/mol. The molecular weight excluding hydrogens is 419 g/mol. The number of aromatic nitrogens is 4. The number of hydrogen-bond donors (Lipinski definition) is 2. The fourth-order valence-electron chi connectivity index (χ4n) is 5.43. The number of rotatable bonds is 5. The highest BCUT2D eigenvalue weighted by atomic mass is 19.1. The number of likely N-dealkylation sites (tertiary alicyclic amines) is 2. The lowest BCUT2D eigenvalue weighted by Crippen LogP contribution is -2.64. The van der Waals surface area contributed by atoms with Crippen molar-refractivity contribution in [1.29, 1.82) is 0 Å². The van der Waals surface area contributed by atoms with Gasteiger partial charge in [-0.1, -0.05) is 29.8 Å². The van der Waals surface area contributed by atoms with Crippen molar-refractivity contribution in [2.75, 3.05) is 51.5 Å². The van der Waals surface area contributed by atoms with E-state index in [-0.39, 0.29) is 6.04 Å². The summed E-state index contributed by atoms with van der Waals surface area (Å²) in [6.07, 6.45) is 1.14. The molecule has 0 bridgehead atoms. The van der Waals surface area contributed by atoms with E-state index in [9.17, 15) is 0 Å². The van der Waals surface area contributed by atoms with Crippen LogP contribution in [-0.4, -0.2) is 87.6 Å². The molecule has 0 spiro atoms. The minimum absolute atomic E-state index is 0.352. The lowest BCUT2D eigenvalue weighted by atomic mass is 9.96. The molecule has 3 N–H and O–H groups in total. The monoisotopic (exact) mass is 450 g/mol. The third-order valence-corrected chi connectivity index (χ3v) is 7.53. The molecule has 1 aromatic carbocycles. The fourth-order valence-corrected chi connectivity index (χ4v) is 5.43. The lowest BCUT2D eigenvalue weighted by Gasteiger charge is -2.49. The summed E-state index contributed by atoms with van der Waals surface area (Å²) >= 11 is 0. The van der Waals surface area contributed by atoms with E-state index in [1.165, 1.54) is 18.4 Å². The zero-order valence-corrected chi connectivity index (χ0v) is 19.0. The number of nitrogens with two attached hydrogens (primary N) is 1. The second kappa shape index (κ2) is 8.30. The predicted octanol–water partition coefficient (Wildman–Crippen LogP) is 1.87. The maximum absolute atomic E-state index is 15.6. The van der Waals surface area contributed by atoms with Crippen LogP contribution < -0.4 is 11.1 Å². The molecular formula is C24H31FN8. The van der Waals surface area contributed by atoms with E-state index in [4.69, 9.17) is 10.8 Å². The van der Waals surface area contributed by atoms with Gasteiger partial charge >= 0.3 is 0 Å². The third-order valence-electron chi connectivity index (χ3n) is 7.53. The number of anilines is 1. The molecule has 0 saturated carbocycles. The Balaban J connectivity index is 1.21. The highest BCUT2D eigenvalue weighted by Crippen LogP contribution is 2.36. The molecule has 33 heavy (non-hydrogen) atoms. The first kappa shape index (κ1) is 20.9. The van der Waals surface area contributed by atoms with Crippen LogP contribution in [0.15, 0.2) is 30.6 Å². The molecule has 3 aliphatic rings. The molecule has 5 heterocycles. The smallest absolute Gasteiger partial charge is 0.164 e. The Morgan fingerprint density at radius 2 is 1.91 bits per heavy atom. The standard InChI is InChI=1S/C24H31FN8/c1-15-2-4-17(5-3-15)22-21-23(26)28-14-29-24(21)33(30-22)20-6-7-32(13-19(20)25)18-11-31(12-18)10-16-8-27-9-16/h2-5,14,16,18-20,27H,6-13H2,1H3,(H2,26,28,29)/t19-,20+/m1/s1. The zero-order chi connectivity index (χ0) is 22.5. The molecule has 0 amide bonds. The largest absolute Gasteiger partial charge is 0.383 e. The molecule has 3 fully saturated rings. The summed E-state index contributed by atoms with van der Waals surface area (Å²) < 4.78 is 17.3. The van der Waals surface area contributed by atoms with Crippen molar-refractivity contribution in [2.45, 2.75) is 31.6 Å². The van der Waals surface area contributed by atoms with Crippen molar-refractivity contribution >= 4 is 16.9 Å². The number of piperidine rings is 1. The predicted molar refractivity (Wildman–Crippen MR) is 127 cm³/mol. The van der Waals surface area contributed by atoms with E-state index in [1.54, 1.807) is 4.68 Å². The van der Waals surface area contributed by atoms with Crippen LogP contribution >= 0.6 is 0 Å². The van der Waals surface area contributed by atoms with Crippen LogP contribution in [0, 0.1) is 12.8 Å². The Hall–Kier alpha value is -2.62. The molecule has 0 aliphatic carbocycles. The van der Waals surface area contributed by atoms with Crippen LogP contribution in [0.25, 0.3) is 22.3 Å².